The molecular weight excluding hydrogens is 404 g/mol. The number of nitrogens with one attached hydrogen (secondary N) is 2. The summed E-state index contributed by atoms with van der Waals surface area (Å²) < 4.78 is 17.8. The smallest absolute Gasteiger partial charge is 0.191 e. The summed E-state index contributed by atoms with van der Waals surface area (Å²) in [6.07, 6.45) is 4.31. The molecule has 0 radical (unpaired) electrons. The summed E-state index contributed by atoms with van der Waals surface area (Å²) in [4.78, 5) is 9.71. The van der Waals surface area contributed by atoms with Gasteiger partial charge in [-0.3, -0.25) is 14.1 Å². The van der Waals surface area contributed by atoms with Crippen molar-refractivity contribution in [3.05, 3.63) is 21.9 Å². The molecule has 1 aliphatic heterocycles. The van der Waals surface area contributed by atoms with Crippen LogP contribution in [0.5, 0.6) is 0 Å². The Morgan fingerprint density at radius 2 is 2.17 bits per heavy atom. The molecule has 2 heterocycles. The number of morpholine rings is 1. The molecule has 6 nitrogen and oxygen atoms in total. The fraction of sp³-hybridized carbons (Fsp3) is 0.762. The summed E-state index contributed by atoms with van der Waals surface area (Å²) in [6.45, 7) is 8.52. The van der Waals surface area contributed by atoms with Crippen molar-refractivity contribution < 1.29 is 8.95 Å². The Labute approximate surface area is 182 Å². The summed E-state index contributed by atoms with van der Waals surface area (Å²) in [6, 6.07) is 5.13. The number of ether oxygens (including phenoxy) is 1. The summed E-state index contributed by atoms with van der Waals surface area (Å²) >= 11 is 1.87. The van der Waals surface area contributed by atoms with Crippen LogP contribution in [0.15, 0.2) is 17.1 Å². The largest absolute Gasteiger partial charge is 0.379 e. The minimum atomic E-state index is -0.705. The number of aryl methyl sites for hydroxylation is 1. The first kappa shape index (κ1) is 22.7. The monoisotopic (exact) mass is 440 g/mol. The van der Waals surface area contributed by atoms with Gasteiger partial charge in [-0.15, -0.1) is 11.3 Å². The van der Waals surface area contributed by atoms with Gasteiger partial charge in [-0.25, -0.2) is 0 Å². The molecule has 1 aromatic heterocycles. The zero-order chi connectivity index (χ0) is 20.6. The molecule has 1 saturated heterocycles. The van der Waals surface area contributed by atoms with Crippen LogP contribution >= 0.6 is 11.3 Å². The summed E-state index contributed by atoms with van der Waals surface area (Å²) in [5.41, 5.74) is 0. The zero-order valence-electron chi connectivity index (χ0n) is 18.0. The molecule has 1 aromatic rings. The van der Waals surface area contributed by atoms with E-state index in [0.717, 1.165) is 70.2 Å². The highest BCUT2D eigenvalue weighted by Gasteiger charge is 2.27. The van der Waals surface area contributed by atoms with Crippen molar-refractivity contribution in [3.63, 3.8) is 0 Å². The van der Waals surface area contributed by atoms with E-state index in [4.69, 9.17) is 4.74 Å². The molecule has 3 rings (SSSR count). The molecule has 2 fully saturated rings. The van der Waals surface area contributed by atoms with Gasteiger partial charge in [0.25, 0.3) is 0 Å². The molecule has 8 heteroatoms. The summed E-state index contributed by atoms with van der Waals surface area (Å²) in [5, 5.41) is 7.48. The van der Waals surface area contributed by atoms with Crippen LogP contribution in [0.25, 0.3) is 0 Å². The Kier molecular flexibility index (Phi) is 8.96. The highest BCUT2D eigenvalue weighted by molar-refractivity contribution is 7.85. The molecule has 0 bridgehead atoms. The van der Waals surface area contributed by atoms with Crippen molar-refractivity contribution in [2.75, 3.05) is 45.6 Å². The van der Waals surface area contributed by atoms with E-state index in [-0.39, 0.29) is 0 Å². The van der Waals surface area contributed by atoms with Gasteiger partial charge in [-0.1, -0.05) is 13.3 Å². The van der Waals surface area contributed by atoms with Crippen molar-refractivity contribution >= 4 is 28.1 Å². The second kappa shape index (κ2) is 11.4. The van der Waals surface area contributed by atoms with E-state index in [0.29, 0.717) is 17.3 Å². The number of thiophene rings is 1. The van der Waals surface area contributed by atoms with Gasteiger partial charge in [0.05, 0.1) is 19.3 Å². The maximum atomic E-state index is 12.2. The van der Waals surface area contributed by atoms with Crippen LogP contribution in [-0.4, -0.2) is 72.0 Å². The lowest BCUT2D eigenvalue weighted by Gasteiger charge is -2.35. The van der Waals surface area contributed by atoms with Gasteiger partial charge in [-0.05, 0) is 38.3 Å². The van der Waals surface area contributed by atoms with E-state index < -0.39 is 10.8 Å². The fourth-order valence-electron chi connectivity index (χ4n) is 4.26. The molecule has 4 unspecified atom stereocenters. The third kappa shape index (κ3) is 6.51. The Bertz CT molecular complexity index is 688. The van der Waals surface area contributed by atoms with Crippen molar-refractivity contribution in [1.29, 1.82) is 0 Å². The number of nitrogens with zero attached hydrogens (tertiary/aromatic N) is 2. The van der Waals surface area contributed by atoms with Crippen molar-refractivity contribution in [2.45, 2.75) is 56.9 Å². The Morgan fingerprint density at radius 3 is 2.83 bits per heavy atom. The second-order valence-corrected chi connectivity index (χ2v) is 11.2. The maximum absolute atomic E-state index is 12.2. The van der Waals surface area contributed by atoms with Gasteiger partial charge in [0.2, 0.25) is 0 Å². The number of hydrogen-bond acceptors (Lipinski definition) is 5. The maximum Gasteiger partial charge on any atom is 0.191 e. The highest BCUT2D eigenvalue weighted by Crippen LogP contribution is 2.28. The first-order valence-corrected chi connectivity index (χ1v) is 13.0. The van der Waals surface area contributed by atoms with Crippen LogP contribution in [-0.2, 0) is 15.5 Å². The highest BCUT2D eigenvalue weighted by atomic mass is 32.2. The normalized spacial score (nSPS) is 26.1. The van der Waals surface area contributed by atoms with Crippen molar-refractivity contribution in [1.82, 2.24) is 15.5 Å². The number of guanidine groups is 1. The number of rotatable bonds is 7. The van der Waals surface area contributed by atoms with Gasteiger partial charge in [0, 0.05) is 64.3 Å². The third-order valence-electron chi connectivity index (χ3n) is 5.89. The van der Waals surface area contributed by atoms with Crippen LogP contribution in [0.1, 0.15) is 48.4 Å². The standard InChI is InChI=1S/C21H36N4O2S2/c1-4-29(26)18-7-5-6-17(14-18)24-21(22-3)23-15-19(20-9-8-16(2)28-20)25-10-12-27-13-11-25/h8-9,17-19H,4-7,10-15H2,1-3H3,(H2,22,23,24). The summed E-state index contributed by atoms with van der Waals surface area (Å²) in [7, 11) is 1.13. The van der Waals surface area contributed by atoms with Crippen LogP contribution in [0.2, 0.25) is 0 Å². The SMILES string of the molecule is CCS(=O)C1CCCC(NC(=NC)NCC(c2ccc(C)s2)N2CCOCC2)C1. The predicted molar refractivity (Wildman–Crippen MR) is 123 cm³/mol. The Balaban J connectivity index is 1.59. The van der Waals surface area contributed by atoms with Gasteiger partial charge in [0.15, 0.2) is 5.96 Å². The Hall–Kier alpha value is -0.960. The van der Waals surface area contributed by atoms with E-state index >= 15 is 0 Å². The van der Waals surface area contributed by atoms with Crippen LogP contribution in [0.3, 0.4) is 0 Å². The molecule has 4 atom stereocenters. The van der Waals surface area contributed by atoms with Crippen LogP contribution in [0, 0.1) is 6.92 Å². The average Bonchev–Trinajstić information content (AvgIpc) is 3.19. The van der Waals surface area contributed by atoms with E-state index in [1.807, 2.05) is 25.3 Å². The predicted octanol–water partition coefficient (Wildman–Crippen LogP) is 2.67. The third-order valence-corrected chi connectivity index (χ3v) is 8.73. The van der Waals surface area contributed by atoms with Crippen LogP contribution < -0.4 is 10.6 Å². The molecule has 0 amide bonds. The van der Waals surface area contributed by atoms with E-state index in [9.17, 15) is 4.21 Å². The molecule has 0 aromatic carbocycles. The number of aliphatic imine (C=N–C) groups is 1. The zero-order valence-corrected chi connectivity index (χ0v) is 19.6. The fourth-order valence-corrected chi connectivity index (χ4v) is 6.62. The van der Waals surface area contributed by atoms with E-state index in [2.05, 4.69) is 39.6 Å². The van der Waals surface area contributed by atoms with Crippen LogP contribution in [0.4, 0.5) is 0 Å². The minimum absolute atomic E-state index is 0.319. The average molecular weight is 441 g/mol. The van der Waals surface area contributed by atoms with E-state index in [1.54, 1.807) is 0 Å². The molecule has 1 saturated carbocycles. The summed E-state index contributed by atoms with van der Waals surface area (Å²) in [5.74, 6) is 1.61. The van der Waals surface area contributed by atoms with Crippen molar-refractivity contribution in [3.8, 4) is 0 Å². The molecule has 29 heavy (non-hydrogen) atoms. The topological polar surface area (TPSA) is 66.0 Å². The van der Waals surface area contributed by atoms with Gasteiger partial charge >= 0.3 is 0 Å². The lowest BCUT2D eigenvalue weighted by atomic mass is 9.95. The van der Waals surface area contributed by atoms with Gasteiger partial charge < -0.3 is 15.4 Å². The Morgan fingerprint density at radius 1 is 1.38 bits per heavy atom. The molecule has 1 aliphatic carbocycles. The lowest BCUT2D eigenvalue weighted by molar-refractivity contribution is 0.0177. The quantitative estimate of drug-likeness (QED) is 0.504. The molecule has 0 spiro atoms. The molecular formula is C21H36N4O2S2. The first-order valence-electron chi connectivity index (χ1n) is 10.8. The molecule has 2 N–H and O–H groups in total. The van der Waals surface area contributed by atoms with Gasteiger partial charge in [-0.2, -0.15) is 0 Å². The minimum Gasteiger partial charge on any atom is -0.379 e. The number of hydrogen-bond donors (Lipinski definition) is 2. The molecule has 164 valence electrons. The molecule has 2 aliphatic rings. The second-order valence-electron chi connectivity index (χ2n) is 7.86. The first-order chi connectivity index (χ1) is 14.1. The van der Waals surface area contributed by atoms with Crippen molar-refractivity contribution in [2.24, 2.45) is 4.99 Å². The lowest BCUT2D eigenvalue weighted by Crippen LogP contribution is -2.49. The van der Waals surface area contributed by atoms with Gasteiger partial charge in [0.1, 0.15) is 0 Å². The van der Waals surface area contributed by atoms with E-state index in [1.165, 1.54) is 9.75 Å².